The van der Waals surface area contributed by atoms with E-state index in [4.69, 9.17) is 5.73 Å². The molecule has 1 aromatic carbocycles. The fraction of sp³-hybridized carbons (Fsp3) is 0.400. The Kier molecular flexibility index (Phi) is 6.13. The molecule has 1 atom stereocenters. The largest absolute Gasteiger partial charge is 0.369 e. The first kappa shape index (κ1) is 19.0. The van der Waals surface area contributed by atoms with Gasteiger partial charge in [-0.1, -0.05) is 6.07 Å². The van der Waals surface area contributed by atoms with Crippen molar-refractivity contribution < 1.29 is 9.59 Å². The molecule has 27 heavy (non-hydrogen) atoms. The maximum absolute atomic E-state index is 12.3. The zero-order valence-electron chi connectivity index (χ0n) is 15.6. The van der Waals surface area contributed by atoms with Crippen LogP contribution in [0.4, 0.5) is 10.5 Å². The SMILES string of the molecule is Cc1c(NC(=O)NCCN2CCCC(C(N)=O)C2)cccc1-n1cccc1. The molecule has 4 N–H and O–H groups in total. The number of nitrogens with two attached hydrogens (primary N) is 1. The standard InChI is InChI=1S/C20H27N5O2/c1-15-17(7-4-8-18(15)25-11-2-3-12-25)23-20(27)22-9-13-24-10-5-6-16(14-24)19(21)26/h2-4,7-8,11-12,16H,5-6,9-10,13-14H2,1H3,(H2,21,26)(H2,22,23,27). The highest BCUT2D eigenvalue weighted by Gasteiger charge is 2.23. The second-order valence-electron chi connectivity index (χ2n) is 6.96. The zero-order valence-corrected chi connectivity index (χ0v) is 15.6. The number of urea groups is 1. The molecule has 7 heteroatoms. The van der Waals surface area contributed by atoms with Crippen LogP contribution < -0.4 is 16.4 Å². The van der Waals surface area contributed by atoms with Crippen molar-refractivity contribution >= 4 is 17.6 Å². The molecular weight excluding hydrogens is 342 g/mol. The van der Waals surface area contributed by atoms with Gasteiger partial charge in [0.1, 0.15) is 0 Å². The van der Waals surface area contributed by atoms with E-state index >= 15 is 0 Å². The van der Waals surface area contributed by atoms with Crippen LogP contribution >= 0.6 is 0 Å². The summed E-state index contributed by atoms with van der Waals surface area (Å²) in [6.45, 7) is 4.83. The Morgan fingerprint density at radius 1 is 1.22 bits per heavy atom. The lowest BCUT2D eigenvalue weighted by molar-refractivity contribution is -0.123. The number of benzene rings is 1. The predicted octanol–water partition coefficient (Wildman–Crippen LogP) is 2.10. The third kappa shape index (κ3) is 4.89. The minimum Gasteiger partial charge on any atom is -0.369 e. The number of nitrogens with zero attached hydrogens (tertiary/aromatic N) is 2. The quantitative estimate of drug-likeness (QED) is 0.728. The molecule has 3 rings (SSSR count). The molecule has 144 valence electrons. The molecule has 0 radical (unpaired) electrons. The Labute approximate surface area is 159 Å². The van der Waals surface area contributed by atoms with Gasteiger partial charge in [0.05, 0.1) is 5.92 Å². The molecule has 1 saturated heterocycles. The molecule has 0 aliphatic carbocycles. The van der Waals surface area contributed by atoms with Gasteiger partial charge < -0.3 is 25.8 Å². The van der Waals surface area contributed by atoms with Crippen LogP contribution in [-0.4, -0.2) is 47.6 Å². The van der Waals surface area contributed by atoms with Gasteiger partial charge in [0.25, 0.3) is 0 Å². The number of carbonyl (C=O) groups excluding carboxylic acids is 2. The van der Waals surface area contributed by atoms with Crippen LogP contribution in [0.2, 0.25) is 0 Å². The lowest BCUT2D eigenvalue weighted by Gasteiger charge is -2.31. The van der Waals surface area contributed by atoms with Crippen molar-refractivity contribution in [2.45, 2.75) is 19.8 Å². The van der Waals surface area contributed by atoms with Gasteiger partial charge in [-0.25, -0.2) is 4.79 Å². The molecule has 0 saturated carbocycles. The fourth-order valence-electron chi connectivity index (χ4n) is 3.52. The van der Waals surface area contributed by atoms with Gasteiger partial charge in [0.2, 0.25) is 5.91 Å². The summed E-state index contributed by atoms with van der Waals surface area (Å²) in [5, 5.41) is 5.81. The highest BCUT2D eigenvalue weighted by Crippen LogP contribution is 2.22. The summed E-state index contributed by atoms with van der Waals surface area (Å²) in [5.41, 5.74) is 8.22. The van der Waals surface area contributed by atoms with Crippen molar-refractivity contribution in [3.8, 4) is 5.69 Å². The van der Waals surface area contributed by atoms with E-state index in [-0.39, 0.29) is 17.9 Å². The van der Waals surface area contributed by atoms with Gasteiger partial charge in [-0.15, -0.1) is 0 Å². The first-order valence-electron chi connectivity index (χ1n) is 9.34. The number of primary amides is 1. The molecule has 1 aromatic heterocycles. The lowest BCUT2D eigenvalue weighted by Crippen LogP contribution is -2.44. The van der Waals surface area contributed by atoms with E-state index in [9.17, 15) is 9.59 Å². The normalized spacial score (nSPS) is 17.4. The van der Waals surface area contributed by atoms with Crippen LogP contribution in [0.25, 0.3) is 5.69 Å². The molecular formula is C20H27N5O2. The minimum atomic E-state index is -0.233. The smallest absolute Gasteiger partial charge is 0.319 e. The average Bonchev–Trinajstić information content (AvgIpc) is 3.18. The molecule has 1 aliphatic rings. The third-order valence-corrected chi connectivity index (χ3v) is 5.06. The van der Waals surface area contributed by atoms with Gasteiger partial charge in [0.15, 0.2) is 0 Å². The number of aromatic nitrogens is 1. The fourth-order valence-corrected chi connectivity index (χ4v) is 3.52. The number of hydrogen-bond donors (Lipinski definition) is 3. The maximum atomic E-state index is 12.3. The number of likely N-dealkylation sites (tertiary alicyclic amines) is 1. The number of nitrogens with one attached hydrogen (secondary N) is 2. The maximum Gasteiger partial charge on any atom is 0.319 e. The summed E-state index contributed by atoms with van der Waals surface area (Å²) in [6, 6.07) is 9.54. The molecule has 1 fully saturated rings. The number of piperidine rings is 1. The van der Waals surface area contributed by atoms with E-state index in [1.54, 1.807) is 0 Å². The van der Waals surface area contributed by atoms with Crippen molar-refractivity contribution in [2.24, 2.45) is 11.7 Å². The van der Waals surface area contributed by atoms with Crippen LogP contribution in [0.1, 0.15) is 18.4 Å². The van der Waals surface area contributed by atoms with Gasteiger partial charge in [-0.3, -0.25) is 4.79 Å². The van der Waals surface area contributed by atoms with E-state index in [1.807, 2.05) is 54.2 Å². The molecule has 0 spiro atoms. The summed E-state index contributed by atoms with van der Waals surface area (Å²) in [4.78, 5) is 25.8. The first-order chi connectivity index (χ1) is 13.0. The van der Waals surface area contributed by atoms with Crippen LogP contribution in [0.5, 0.6) is 0 Å². The molecule has 0 bridgehead atoms. The second kappa shape index (κ2) is 8.73. The average molecular weight is 369 g/mol. The third-order valence-electron chi connectivity index (χ3n) is 5.06. The molecule has 7 nitrogen and oxygen atoms in total. The minimum absolute atomic E-state index is 0.0772. The van der Waals surface area contributed by atoms with Crippen LogP contribution in [0.15, 0.2) is 42.7 Å². The van der Waals surface area contributed by atoms with Crippen molar-refractivity contribution in [3.05, 3.63) is 48.3 Å². The highest BCUT2D eigenvalue weighted by molar-refractivity contribution is 5.90. The molecule has 1 unspecified atom stereocenters. The summed E-state index contributed by atoms with van der Waals surface area (Å²) in [7, 11) is 0. The van der Waals surface area contributed by atoms with Crippen molar-refractivity contribution in [3.63, 3.8) is 0 Å². The van der Waals surface area contributed by atoms with Crippen LogP contribution in [-0.2, 0) is 4.79 Å². The predicted molar refractivity (Wildman–Crippen MR) is 106 cm³/mol. The van der Waals surface area contributed by atoms with Gasteiger partial charge in [0, 0.05) is 43.4 Å². The van der Waals surface area contributed by atoms with E-state index in [0.717, 1.165) is 36.3 Å². The summed E-state index contributed by atoms with van der Waals surface area (Å²) >= 11 is 0. The zero-order chi connectivity index (χ0) is 19.2. The molecule has 2 heterocycles. The Balaban J connectivity index is 1.50. The van der Waals surface area contributed by atoms with Crippen LogP contribution in [0, 0.1) is 12.8 Å². The van der Waals surface area contributed by atoms with Gasteiger partial charge in [-0.05, 0) is 56.1 Å². The number of carbonyl (C=O) groups is 2. The second-order valence-corrected chi connectivity index (χ2v) is 6.96. The van der Waals surface area contributed by atoms with E-state index in [1.165, 1.54) is 0 Å². The topological polar surface area (TPSA) is 92.4 Å². The monoisotopic (exact) mass is 369 g/mol. The number of rotatable bonds is 6. The Morgan fingerprint density at radius 3 is 2.74 bits per heavy atom. The van der Waals surface area contributed by atoms with Crippen LogP contribution in [0.3, 0.4) is 0 Å². The van der Waals surface area contributed by atoms with Gasteiger partial charge >= 0.3 is 6.03 Å². The van der Waals surface area contributed by atoms with Crippen molar-refractivity contribution in [2.75, 3.05) is 31.5 Å². The molecule has 1 aliphatic heterocycles. The Morgan fingerprint density at radius 2 is 2.00 bits per heavy atom. The first-order valence-corrected chi connectivity index (χ1v) is 9.34. The van der Waals surface area contributed by atoms with Crippen molar-refractivity contribution in [1.29, 1.82) is 0 Å². The highest BCUT2D eigenvalue weighted by atomic mass is 16.2. The summed E-state index contributed by atoms with van der Waals surface area (Å²) in [5.74, 6) is -0.310. The summed E-state index contributed by atoms with van der Waals surface area (Å²) < 4.78 is 2.02. The van der Waals surface area contributed by atoms with E-state index < -0.39 is 0 Å². The van der Waals surface area contributed by atoms with E-state index in [0.29, 0.717) is 19.6 Å². The Hall–Kier alpha value is -2.80. The number of anilines is 1. The summed E-state index contributed by atoms with van der Waals surface area (Å²) in [6.07, 6.45) is 5.77. The van der Waals surface area contributed by atoms with Crippen molar-refractivity contribution in [1.82, 2.24) is 14.8 Å². The number of amides is 3. The van der Waals surface area contributed by atoms with Gasteiger partial charge in [-0.2, -0.15) is 0 Å². The molecule has 3 amide bonds. The lowest BCUT2D eigenvalue weighted by atomic mass is 9.97. The van der Waals surface area contributed by atoms with E-state index in [2.05, 4.69) is 15.5 Å². The number of hydrogen-bond acceptors (Lipinski definition) is 3. The Bertz CT molecular complexity index is 788. The molecule has 2 aromatic rings.